The molecule has 0 saturated carbocycles. The molecule has 1 atom stereocenters. The number of hydrogen-bond acceptors (Lipinski definition) is 2. The lowest BCUT2D eigenvalue weighted by atomic mass is 9.87. The van der Waals surface area contributed by atoms with Crippen LogP contribution in [0.2, 0.25) is 0 Å². The van der Waals surface area contributed by atoms with Crippen molar-refractivity contribution in [2.75, 3.05) is 13.6 Å². The normalized spacial score (nSPS) is 14.1. The third-order valence-corrected chi connectivity index (χ3v) is 3.34. The van der Waals surface area contributed by atoms with Gasteiger partial charge in [-0.1, -0.05) is 43.7 Å². The predicted octanol–water partition coefficient (Wildman–Crippen LogP) is 2.83. The molecule has 0 radical (unpaired) electrons. The first kappa shape index (κ1) is 14.2. The van der Waals surface area contributed by atoms with E-state index in [9.17, 15) is 5.11 Å². The van der Waals surface area contributed by atoms with Gasteiger partial charge in [0.25, 0.3) is 0 Å². The van der Waals surface area contributed by atoms with Crippen LogP contribution in [0.1, 0.15) is 31.9 Å². The molecule has 0 aliphatic rings. The molecular weight excluding hydrogens is 210 g/mol. The fourth-order valence-corrected chi connectivity index (χ4v) is 2.01. The first-order chi connectivity index (χ1) is 7.81. The van der Waals surface area contributed by atoms with Crippen LogP contribution in [0.5, 0.6) is 0 Å². The standard InChI is InChI=1S/C15H25NO/c1-12-7-6-8-14(9-12)10-16(5)11-15(3,4)13(2)17/h6-9,13,17H,10-11H2,1-5H3. The Morgan fingerprint density at radius 3 is 2.53 bits per heavy atom. The summed E-state index contributed by atoms with van der Waals surface area (Å²) in [6.45, 7) is 10.00. The molecule has 17 heavy (non-hydrogen) atoms. The maximum Gasteiger partial charge on any atom is 0.0575 e. The van der Waals surface area contributed by atoms with E-state index in [0.29, 0.717) is 0 Å². The summed E-state index contributed by atoms with van der Waals surface area (Å²) in [5.74, 6) is 0. The summed E-state index contributed by atoms with van der Waals surface area (Å²) in [4.78, 5) is 2.27. The molecule has 1 aromatic rings. The zero-order chi connectivity index (χ0) is 13.1. The van der Waals surface area contributed by atoms with Gasteiger partial charge in [-0.3, -0.25) is 0 Å². The van der Waals surface area contributed by atoms with Crippen LogP contribution in [-0.2, 0) is 6.54 Å². The zero-order valence-corrected chi connectivity index (χ0v) is 11.7. The molecule has 0 spiro atoms. The summed E-state index contributed by atoms with van der Waals surface area (Å²) in [6.07, 6.45) is -0.289. The molecule has 1 aromatic carbocycles. The van der Waals surface area contributed by atoms with Crippen LogP contribution in [0.4, 0.5) is 0 Å². The monoisotopic (exact) mass is 235 g/mol. The third-order valence-electron chi connectivity index (χ3n) is 3.34. The molecule has 0 bridgehead atoms. The number of aliphatic hydroxyl groups is 1. The lowest BCUT2D eigenvalue weighted by Crippen LogP contribution is -2.38. The van der Waals surface area contributed by atoms with Crippen LogP contribution in [-0.4, -0.2) is 29.7 Å². The number of rotatable bonds is 5. The maximum atomic E-state index is 9.71. The van der Waals surface area contributed by atoms with E-state index in [0.717, 1.165) is 13.1 Å². The van der Waals surface area contributed by atoms with Crippen molar-refractivity contribution in [3.8, 4) is 0 Å². The molecule has 0 heterocycles. The molecule has 1 rings (SSSR count). The third kappa shape index (κ3) is 4.49. The molecule has 0 fully saturated rings. The Bertz CT molecular complexity index is 358. The van der Waals surface area contributed by atoms with Gasteiger partial charge >= 0.3 is 0 Å². The topological polar surface area (TPSA) is 23.5 Å². The first-order valence-electron chi connectivity index (χ1n) is 6.23. The molecule has 1 unspecified atom stereocenters. The summed E-state index contributed by atoms with van der Waals surface area (Å²) in [5.41, 5.74) is 2.55. The van der Waals surface area contributed by atoms with Gasteiger partial charge < -0.3 is 10.0 Å². The van der Waals surface area contributed by atoms with Crippen LogP contribution in [0, 0.1) is 12.3 Å². The number of nitrogens with zero attached hydrogens (tertiary/aromatic N) is 1. The van der Waals surface area contributed by atoms with Gasteiger partial charge in [0.15, 0.2) is 0 Å². The summed E-state index contributed by atoms with van der Waals surface area (Å²) >= 11 is 0. The van der Waals surface area contributed by atoms with E-state index < -0.39 is 0 Å². The zero-order valence-electron chi connectivity index (χ0n) is 11.7. The minimum atomic E-state index is -0.289. The van der Waals surface area contributed by atoms with Crippen molar-refractivity contribution in [1.29, 1.82) is 0 Å². The van der Waals surface area contributed by atoms with Gasteiger partial charge in [0.05, 0.1) is 6.10 Å². The molecule has 2 nitrogen and oxygen atoms in total. The number of benzene rings is 1. The van der Waals surface area contributed by atoms with E-state index in [1.54, 1.807) is 0 Å². The Kier molecular flexibility index (Phi) is 4.72. The van der Waals surface area contributed by atoms with Gasteiger partial charge in [-0.15, -0.1) is 0 Å². The fraction of sp³-hybridized carbons (Fsp3) is 0.600. The maximum absolute atomic E-state index is 9.71. The Morgan fingerprint density at radius 1 is 1.35 bits per heavy atom. The second kappa shape index (κ2) is 5.65. The first-order valence-corrected chi connectivity index (χ1v) is 6.23. The molecule has 2 heteroatoms. The Balaban J connectivity index is 2.58. The second-order valence-corrected chi connectivity index (χ2v) is 5.83. The average molecular weight is 235 g/mol. The van der Waals surface area contributed by atoms with Crippen molar-refractivity contribution in [3.05, 3.63) is 35.4 Å². The van der Waals surface area contributed by atoms with Gasteiger partial charge in [0, 0.05) is 18.5 Å². The van der Waals surface area contributed by atoms with Crippen molar-refractivity contribution >= 4 is 0 Å². The minimum absolute atomic E-state index is 0.0709. The van der Waals surface area contributed by atoms with Crippen LogP contribution < -0.4 is 0 Å². The van der Waals surface area contributed by atoms with E-state index in [4.69, 9.17) is 0 Å². The molecule has 1 N–H and O–H groups in total. The van der Waals surface area contributed by atoms with Gasteiger partial charge in [-0.25, -0.2) is 0 Å². The average Bonchev–Trinajstić information content (AvgIpc) is 2.15. The quantitative estimate of drug-likeness (QED) is 0.848. The number of aliphatic hydroxyl groups excluding tert-OH is 1. The van der Waals surface area contributed by atoms with E-state index in [1.165, 1.54) is 11.1 Å². The fourth-order valence-electron chi connectivity index (χ4n) is 2.01. The van der Waals surface area contributed by atoms with Crippen LogP contribution >= 0.6 is 0 Å². The van der Waals surface area contributed by atoms with E-state index in [2.05, 4.69) is 57.0 Å². The van der Waals surface area contributed by atoms with Gasteiger partial charge in [-0.2, -0.15) is 0 Å². The number of hydrogen-bond donors (Lipinski definition) is 1. The molecule has 0 aromatic heterocycles. The molecule has 0 saturated heterocycles. The summed E-state index contributed by atoms with van der Waals surface area (Å²) in [5, 5.41) is 9.71. The molecule has 96 valence electrons. The molecule has 0 aliphatic heterocycles. The van der Waals surface area contributed by atoms with Crippen molar-refractivity contribution in [2.24, 2.45) is 5.41 Å². The van der Waals surface area contributed by atoms with Gasteiger partial charge in [0.1, 0.15) is 0 Å². The van der Waals surface area contributed by atoms with Gasteiger partial charge in [-0.05, 0) is 26.5 Å². The summed E-state index contributed by atoms with van der Waals surface area (Å²) < 4.78 is 0. The van der Waals surface area contributed by atoms with Gasteiger partial charge in [0.2, 0.25) is 0 Å². The molecular formula is C15H25NO. The highest BCUT2D eigenvalue weighted by Crippen LogP contribution is 2.22. The SMILES string of the molecule is Cc1cccc(CN(C)CC(C)(C)C(C)O)c1. The largest absolute Gasteiger partial charge is 0.393 e. The van der Waals surface area contributed by atoms with Crippen molar-refractivity contribution in [3.63, 3.8) is 0 Å². The smallest absolute Gasteiger partial charge is 0.0575 e. The van der Waals surface area contributed by atoms with E-state index in [1.807, 2.05) is 6.92 Å². The lowest BCUT2D eigenvalue weighted by molar-refractivity contribution is 0.0392. The van der Waals surface area contributed by atoms with Crippen molar-refractivity contribution in [2.45, 2.75) is 40.3 Å². The Hall–Kier alpha value is -0.860. The van der Waals surface area contributed by atoms with Crippen molar-refractivity contribution < 1.29 is 5.11 Å². The van der Waals surface area contributed by atoms with Crippen LogP contribution in [0.15, 0.2) is 24.3 Å². The molecule has 0 amide bonds. The molecule has 0 aliphatic carbocycles. The Labute approximate surface area is 105 Å². The van der Waals surface area contributed by atoms with Crippen LogP contribution in [0.3, 0.4) is 0 Å². The summed E-state index contributed by atoms with van der Waals surface area (Å²) in [6, 6.07) is 8.58. The lowest BCUT2D eigenvalue weighted by Gasteiger charge is -2.32. The highest BCUT2D eigenvalue weighted by atomic mass is 16.3. The summed E-state index contributed by atoms with van der Waals surface area (Å²) in [7, 11) is 2.10. The highest BCUT2D eigenvalue weighted by molar-refractivity contribution is 5.22. The van der Waals surface area contributed by atoms with E-state index in [-0.39, 0.29) is 11.5 Å². The second-order valence-electron chi connectivity index (χ2n) is 5.83. The van der Waals surface area contributed by atoms with Crippen molar-refractivity contribution in [1.82, 2.24) is 4.90 Å². The minimum Gasteiger partial charge on any atom is -0.393 e. The highest BCUT2D eigenvalue weighted by Gasteiger charge is 2.25. The number of aryl methyl sites for hydroxylation is 1. The predicted molar refractivity (Wildman–Crippen MR) is 73.0 cm³/mol. The Morgan fingerprint density at radius 2 is 2.00 bits per heavy atom. The van der Waals surface area contributed by atoms with E-state index >= 15 is 0 Å². The van der Waals surface area contributed by atoms with Crippen LogP contribution in [0.25, 0.3) is 0 Å².